The fourth-order valence-electron chi connectivity index (χ4n) is 2.46. The van der Waals surface area contributed by atoms with E-state index >= 15 is 0 Å². The number of urea groups is 1. The highest BCUT2D eigenvalue weighted by atomic mass is 32.1. The van der Waals surface area contributed by atoms with Gasteiger partial charge in [-0.1, -0.05) is 22.7 Å². The molecule has 1 aliphatic carbocycles. The van der Waals surface area contributed by atoms with Crippen molar-refractivity contribution in [1.29, 1.82) is 0 Å². The van der Waals surface area contributed by atoms with E-state index in [0.29, 0.717) is 11.5 Å². The van der Waals surface area contributed by atoms with Crippen LogP contribution in [0, 0.1) is 0 Å². The van der Waals surface area contributed by atoms with E-state index in [4.69, 9.17) is 0 Å². The fraction of sp³-hybridized carbons (Fsp3) is 0.357. The Morgan fingerprint density at radius 1 is 1.25 bits per heavy atom. The monoisotopic (exact) mass is 288 g/mol. The molecule has 104 valence electrons. The number of carbonyl (C=O) groups is 1. The molecule has 20 heavy (non-hydrogen) atoms. The van der Waals surface area contributed by atoms with Crippen molar-refractivity contribution in [3.63, 3.8) is 0 Å². The summed E-state index contributed by atoms with van der Waals surface area (Å²) in [7, 11) is 0. The van der Waals surface area contributed by atoms with Gasteiger partial charge >= 0.3 is 6.03 Å². The molecular formula is C14H16N4OS. The van der Waals surface area contributed by atoms with Crippen LogP contribution >= 0.6 is 11.5 Å². The predicted molar refractivity (Wildman–Crippen MR) is 78.9 cm³/mol. The largest absolute Gasteiger partial charge is 0.334 e. The Labute approximate surface area is 121 Å². The number of rotatable bonds is 3. The molecule has 2 aromatic rings. The highest BCUT2D eigenvalue weighted by molar-refractivity contribution is 7.10. The Balaban J connectivity index is 1.56. The number of fused-ring (bicyclic) bond motifs is 1. The Hall–Kier alpha value is -1.95. The highest BCUT2D eigenvalue weighted by Crippen LogP contribution is 2.22. The normalized spacial score (nSPS) is 13.6. The van der Waals surface area contributed by atoms with Crippen LogP contribution in [-0.2, 0) is 19.4 Å². The molecule has 1 aliphatic rings. The molecule has 3 rings (SSSR count). The van der Waals surface area contributed by atoms with E-state index in [2.05, 4.69) is 38.4 Å². The molecule has 0 saturated carbocycles. The summed E-state index contributed by atoms with van der Waals surface area (Å²) in [5, 5.41) is 9.86. The molecule has 0 bridgehead atoms. The Morgan fingerprint density at radius 2 is 2.10 bits per heavy atom. The van der Waals surface area contributed by atoms with Gasteiger partial charge in [-0.15, -0.1) is 5.10 Å². The molecule has 0 unspecified atom stereocenters. The van der Waals surface area contributed by atoms with E-state index in [1.807, 2.05) is 0 Å². The fourth-order valence-corrected chi connectivity index (χ4v) is 2.87. The number of aryl methyl sites for hydroxylation is 2. The number of anilines is 1. The summed E-state index contributed by atoms with van der Waals surface area (Å²) in [5.41, 5.74) is 4.03. The van der Waals surface area contributed by atoms with Gasteiger partial charge in [0.2, 0.25) is 0 Å². The lowest BCUT2D eigenvalue weighted by Crippen LogP contribution is -2.27. The maximum Gasteiger partial charge on any atom is 0.320 e. The molecule has 1 heterocycles. The van der Waals surface area contributed by atoms with Crippen molar-refractivity contribution in [3.8, 4) is 0 Å². The van der Waals surface area contributed by atoms with Crippen molar-refractivity contribution in [2.45, 2.75) is 32.2 Å². The van der Waals surface area contributed by atoms with Gasteiger partial charge in [0.25, 0.3) is 0 Å². The molecule has 0 saturated heterocycles. The molecule has 0 aliphatic heterocycles. The highest BCUT2D eigenvalue weighted by Gasteiger charge is 2.10. The summed E-state index contributed by atoms with van der Waals surface area (Å²) < 4.78 is 3.69. The predicted octanol–water partition coefficient (Wildman–Crippen LogP) is 2.74. The minimum atomic E-state index is -0.228. The number of hydrogen-bond donors (Lipinski definition) is 2. The van der Waals surface area contributed by atoms with E-state index in [1.54, 1.807) is 0 Å². The number of aromatic nitrogens is 2. The van der Waals surface area contributed by atoms with Gasteiger partial charge < -0.3 is 5.32 Å². The number of nitrogens with one attached hydrogen (secondary N) is 2. The Kier molecular flexibility index (Phi) is 3.92. The number of benzene rings is 1. The standard InChI is InChI=1S/C14H16N4OS/c19-14(17-13-9-16-18-20-13)15-8-10-5-6-11-3-1-2-4-12(11)7-10/h5-7,9H,1-4,8H2,(H2,15,17,19). The van der Waals surface area contributed by atoms with Crippen LogP contribution in [0.4, 0.5) is 9.80 Å². The lowest BCUT2D eigenvalue weighted by atomic mass is 9.90. The Morgan fingerprint density at radius 3 is 2.90 bits per heavy atom. The van der Waals surface area contributed by atoms with Crippen molar-refractivity contribution < 1.29 is 4.79 Å². The average molecular weight is 288 g/mol. The molecule has 0 fully saturated rings. The van der Waals surface area contributed by atoms with Crippen molar-refractivity contribution in [2.75, 3.05) is 5.32 Å². The third-order valence-electron chi connectivity index (χ3n) is 3.46. The lowest BCUT2D eigenvalue weighted by molar-refractivity contribution is 0.252. The number of amides is 2. The lowest BCUT2D eigenvalue weighted by Gasteiger charge is -2.16. The van der Waals surface area contributed by atoms with Crippen LogP contribution < -0.4 is 10.6 Å². The maximum absolute atomic E-state index is 11.7. The van der Waals surface area contributed by atoms with E-state index in [-0.39, 0.29) is 6.03 Å². The minimum absolute atomic E-state index is 0.228. The molecule has 0 radical (unpaired) electrons. The molecule has 2 N–H and O–H groups in total. The second kappa shape index (κ2) is 6.00. The van der Waals surface area contributed by atoms with Gasteiger partial charge in [-0.3, -0.25) is 5.32 Å². The first-order chi connectivity index (χ1) is 9.81. The molecule has 5 nitrogen and oxygen atoms in total. The van der Waals surface area contributed by atoms with Gasteiger partial charge in [0.15, 0.2) is 0 Å². The van der Waals surface area contributed by atoms with Gasteiger partial charge in [0, 0.05) is 18.1 Å². The molecular weight excluding hydrogens is 272 g/mol. The van der Waals surface area contributed by atoms with Crippen LogP contribution in [0.25, 0.3) is 0 Å². The van der Waals surface area contributed by atoms with Crippen LogP contribution in [0.3, 0.4) is 0 Å². The summed E-state index contributed by atoms with van der Waals surface area (Å²) >= 11 is 1.16. The van der Waals surface area contributed by atoms with Gasteiger partial charge in [0.05, 0.1) is 6.20 Å². The topological polar surface area (TPSA) is 66.9 Å². The maximum atomic E-state index is 11.7. The summed E-state index contributed by atoms with van der Waals surface area (Å²) in [6.45, 7) is 0.533. The minimum Gasteiger partial charge on any atom is -0.334 e. The van der Waals surface area contributed by atoms with Crippen molar-refractivity contribution in [1.82, 2.24) is 14.9 Å². The van der Waals surface area contributed by atoms with Crippen molar-refractivity contribution in [2.24, 2.45) is 0 Å². The third kappa shape index (κ3) is 3.14. The van der Waals surface area contributed by atoms with Gasteiger partial charge in [-0.05, 0) is 42.4 Å². The summed E-state index contributed by atoms with van der Waals surface area (Å²) in [6, 6.07) is 6.27. The van der Waals surface area contributed by atoms with E-state index < -0.39 is 0 Å². The smallest absolute Gasteiger partial charge is 0.320 e. The second-order valence-corrected chi connectivity index (χ2v) is 5.69. The zero-order valence-electron chi connectivity index (χ0n) is 11.1. The quantitative estimate of drug-likeness (QED) is 0.912. The van der Waals surface area contributed by atoms with E-state index in [9.17, 15) is 4.79 Å². The van der Waals surface area contributed by atoms with Gasteiger partial charge in [-0.2, -0.15) is 0 Å². The first-order valence-electron chi connectivity index (χ1n) is 6.74. The molecule has 1 aromatic heterocycles. The SMILES string of the molecule is O=C(NCc1ccc2c(c1)CCCC2)Nc1cnns1. The number of carbonyl (C=O) groups excluding carboxylic acids is 1. The third-order valence-corrected chi connectivity index (χ3v) is 4.04. The first-order valence-corrected chi connectivity index (χ1v) is 7.51. The zero-order chi connectivity index (χ0) is 13.8. The summed E-state index contributed by atoms with van der Waals surface area (Å²) in [4.78, 5) is 11.7. The first kappa shape index (κ1) is 13.1. The van der Waals surface area contributed by atoms with Gasteiger partial charge in [0.1, 0.15) is 5.00 Å². The Bertz CT molecular complexity index is 597. The van der Waals surface area contributed by atoms with E-state index in [1.165, 1.54) is 36.6 Å². The van der Waals surface area contributed by atoms with Crippen LogP contribution in [0.5, 0.6) is 0 Å². The molecule has 1 aromatic carbocycles. The molecule has 2 amide bonds. The average Bonchev–Trinajstić information content (AvgIpc) is 2.98. The summed E-state index contributed by atoms with van der Waals surface area (Å²) in [6.07, 6.45) is 6.42. The van der Waals surface area contributed by atoms with E-state index in [0.717, 1.165) is 23.5 Å². The van der Waals surface area contributed by atoms with Crippen LogP contribution in [0.2, 0.25) is 0 Å². The van der Waals surface area contributed by atoms with Crippen LogP contribution in [0.15, 0.2) is 24.4 Å². The second-order valence-electron chi connectivity index (χ2n) is 4.90. The molecule has 0 spiro atoms. The van der Waals surface area contributed by atoms with Crippen LogP contribution in [0.1, 0.15) is 29.5 Å². The van der Waals surface area contributed by atoms with Gasteiger partial charge in [-0.25, -0.2) is 4.79 Å². The number of nitrogens with zero attached hydrogens (tertiary/aromatic N) is 2. The number of hydrogen-bond acceptors (Lipinski definition) is 4. The van der Waals surface area contributed by atoms with Crippen molar-refractivity contribution in [3.05, 3.63) is 41.1 Å². The zero-order valence-corrected chi connectivity index (χ0v) is 11.9. The summed E-state index contributed by atoms with van der Waals surface area (Å²) in [5.74, 6) is 0. The molecule has 6 heteroatoms. The molecule has 0 atom stereocenters. The van der Waals surface area contributed by atoms with Crippen molar-refractivity contribution >= 4 is 22.6 Å². The van der Waals surface area contributed by atoms with Crippen LogP contribution in [-0.4, -0.2) is 15.6 Å².